The summed E-state index contributed by atoms with van der Waals surface area (Å²) in [6.45, 7) is 3.65. The maximum absolute atomic E-state index is 12.4. The molecule has 0 nitrogen and oxygen atoms in total. The molecule has 0 fully saturated rings. The second-order valence-electron chi connectivity index (χ2n) is 4.31. The fourth-order valence-corrected chi connectivity index (χ4v) is 2.03. The fourth-order valence-electron chi connectivity index (χ4n) is 2.03. The van der Waals surface area contributed by atoms with Crippen molar-refractivity contribution < 1.29 is 8.78 Å². The third kappa shape index (κ3) is 2.65. The van der Waals surface area contributed by atoms with Gasteiger partial charge in [-0.05, 0) is 23.6 Å². The van der Waals surface area contributed by atoms with Gasteiger partial charge in [-0.2, -0.15) is 8.78 Å². The van der Waals surface area contributed by atoms with Crippen LogP contribution in [0.15, 0.2) is 73.4 Å². The highest BCUT2D eigenvalue weighted by Gasteiger charge is 2.23. The van der Waals surface area contributed by atoms with E-state index >= 15 is 0 Å². The van der Waals surface area contributed by atoms with Crippen LogP contribution in [0, 0.1) is 5.41 Å². The van der Waals surface area contributed by atoms with Gasteiger partial charge >= 0.3 is 0 Å². The van der Waals surface area contributed by atoms with Gasteiger partial charge < -0.3 is 0 Å². The van der Waals surface area contributed by atoms with Crippen LogP contribution in [-0.2, 0) is 0 Å². The highest BCUT2D eigenvalue weighted by molar-refractivity contribution is 5.75. The Morgan fingerprint density at radius 1 is 1.22 bits per heavy atom. The van der Waals surface area contributed by atoms with E-state index in [2.05, 4.69) is 6.58 Å². The third-order valence-electron chi connectivity index (χ3n) is 3.11. The number of rotatable bonds is 3. The van der Waals surface area contributed by atoms with Crippen LogP contribution in [0.1, 0.15) is 12.0 Å². The van der Waals surface area contributed by atoms with E-state index < -0.39 is 11.5 Å². The van der Waals surface area contributed by atoms with Crippen LogP contribution >= 0.6 is 0 Å². The maximum Gasteiger partial charge on any atom is 0.267 e. The lowest BCUT2D eigenvalue weighted by molar-refractivity contribution is 0.404. The van der Waals surface area contributed by atoms with Gasteiger partial charge in [0.1, 0.15) is 0 Å². The van der Waals surface area contributed by atoms with Crippen molar-refractivity contribution in [3.8, 4) is 0 Å². The Morgan fingerprint density at radius 2 is 1.94 bits per heavy atom. The van der Waals surface area contributed by atoms with Gasteiger partial charge in [-0.25, -0.2) is 0 Å². The van der Waals surface area contributed by atoms with Gasteiger partial charge in [0.25, 0.3) is 6.08 Å². The summed E-state index contributed by atoms with van der Waals surface area (Å²) in [5.74, 6) is 0. The molecule has 1 atom stereocenters. The molecule has 1 aromatic rings. The Bertz CT molecular complexity index is 519. The van der Waals surface area contributed by atoms with E-state index in [4.69, 9.17) is 0 Å². The molecule has 1 aliphatic carbocycles. The zero-order chi connectivity index (χ0) is 13.0. The van der Waals surface area contributed by atoms with Gasteiger partial charge in [0, 0.05) is 5.41 Å². The van der Waals surface area contributed by atoms with E-state index in [0.29, 0.717) is 6.42 Å². The molecule has 0 heterocycles. The van der Waals surface area contributed by atoms with Gasteiger partial charge in [-0.3, -0.25) is 0 Å². The quantitative estimate of drug-likeness (QED) is 0.657. The Morgan fingerprint density at radius 3 is 2.44 bits per heavy atom. The van der Waals surface area contributed by atoms with E-state index in [1.807, 2.05) is 42.5 Å². The van der Waals surface area contributed by atoms with E-state index in [9.17, 15) is 8.78 Å². The fraction of sp³-hybridized carbons (Fsp3) is 0.125. The molecule has 0 aromatic heterocycles. The van der Waals surface area contributed by atoms with E-state index in [1.54, 1.807) is 12.2 Å². The molecule has 0 saturated heterocycles. The molecule has 92 valence electrons. The first-order valence-corrected chi connectivity index (χ1v) is 5.77. The highest BCUT2D eigenvalue weighted by atomic mass is 19.3. The molecule has 1 aromatic carbocycles. The van der Waals surface area contributed by atoms with Crippen molar-refractivity contribution in [3.05, 3.63) is 78.9 Å². The van der Waals surface area contributed by atoms with Crippen LogP contribution in [0.5, 0.6) is 0 Å². The molecule has 2 rings (SSSR count). The summed E-state index contributed by atoms with van der Waals surface area (Å²) in [4.78, 5) is 0. The number of benzene rings is 1. The van der Waals surface area contributed by atoms with Crippen molar-refractivity contribution in [2.24, 2.45) is 5.41 Å². The second-order valence-corrected chi connectivity index (χ2v) is 4.31. The minimum atomic E-state index is -1.67. The van der Waals surface area contributed by atoms with Gasteiger partial charge in [0.2, 0.25) is 0 Å². The molecule has 18 heavy (non-hydrogen) atoms. The lowest BCUT2D eigenvalue weighted by atomic mass is 9.79. The Kier molecular flexibility index (Phi) is 3.56. The molecular weight excluding hydrogens is 230 g/mol. The smallest absolute Gasteiger partial charge is 0.174 e. The summed E-state index contributed by atoms with van der Waals surface area (Å²) in [7, 11) is 0. The number of hydrogen-bond donors (Lipinski definition) is 0. The highest BCUT2D eigenvalue weighted by Crippen LogP contribution is 2.36. The number of allylic oxidation sites excluding steroid dienone is 6. The average molecular weight is 244 g/mol. The molecule has 0 aliphatic heterocycles. The zero-order valence-electron chi connectivity index (χ0n) is 9.94. The molecule has 0 spiro atoms. The van der Waals surface area contributed by atoms with Gasteiger partial charge in [-0.15, -0.1) is 6.58 Å². The first-order valence-electron chi connectivity index (χ1n) is 5.77. The topological polar surface area (TPSA) is 0 Å². The van der Waals surface area contributed by atoms with Crippen molar-refractivity contribution in [2.45, 2.75) is 6.42 Å². The average Bonchev–Trinajstić information content (AvgIpc) is 2.40. The summed E-state index contributed by atoms with van der Waals surface area (Å²) in [5.41, 5.74) is 1.40. The van der Waals surface area contributed by atoms with Crippen LogP contribution in [0.4, 0.5) is 8.78 Å². The molecule has 0 N–H and O–H groups in total. The minimum Gasteiger partial charge on any atom is -0.174 e. The van der Waals surface area contributed by atoms with E-state index in [-0.39, 0.29) is 0 Å². The summed E-state index contributed by atoms with van der Waals surface area (Å²) in [6, 6.07) is 9.87. The molecule has 2 heteroatoms. The zero-order valence-corrected chi connectivity index (χ0v) is 9.94. The van der Waals surface area contributed by atoms with Gasteiger partial charge in [0.15, 0.2) is 0 Å². The number of hydrogen-bond acceptors (Lipinski definition) is 0. The maximum atomic E-state index is 12.4. The van der Waals surface area contributed by atoms with Crippen LogP contribution in [0.25, 0.3) is 5.57 Å². The first-order chi connectivity index (χ1) is 8.65. The number of halogens is 2. The van der Waals surface area contributed by atoms with Crippen LogP contribution in [0.3, 0.4) is 0 Å². The summed E-state index contributed by atoms with van der Waals surface area (Å²) >= 11 is 0. The Balaban J connectivity index is 2.26. The molecule has 1 aliphatic rings. The van der Waals surface area contributed by atoms with Crippen molar-refractivity contribution >= 4 is 5.57 Å². The molecule has 1 unspecified atom stereocenters. The molecule has 0 saturated carbocycles. The first kappa shape index (κ1) is 12.5. The van der Waals surface area contributed by atoms with Crippen molar-refractivity contribution in [1.82, 2.24) is 0 Å². The lowest BCUT2D eigenvalue weighted by Gasteiger charge is -2.25. The SMILES string of the molecule is C=CC1(C=C(F)F)C=CC(c2ccccc2)=CC1. The largest absolute Gasteiger partial charge is 0.267 e. The monoisotopic (exact) mass is 244 g/mol. The second kappa shape index (κ2) is 5.13. The van der Waals surface area contributed by atoms with E-state index in [1.165, 1.54) is 0 Å². The van der Waals surface area contributed by atoms with Crippen LogP contribution in [0.2, 0.25) is 0 Å². The molecule has 0 amide bonds. The third-order valence-corrected chi connectivity index (χ3v) is 3.11. The van der Waals surface area contributed by atoms with E-state index in [0.717, 1.165) is 17.2 Å². The Hall–Kier alpha value is -1.96. The molecule has 0 bridgehead atoms. The normalized spacial score (nSPS) is 22.2. The summed E-state index contributed by atoms with van der Waals surface area (Å²) < 4.78 is 24.9. The summed E-state index contributed by atoms with van der Waals surface area (Å²) in [6.07, 6.45) is 6.97. The lowest BCUT2D eigenvalue weighted by Crippen LogP contribution is -2.13. The van der Waals surface area contributed by atoms with Crippen LogP contribution < -0.4 is 0 Å². The predicted octanol–water partition coefficient (Wildman–Crippen LogP) is 4.98. The molecular formula is C16H14F2. The van der Waals surface area contributed by atoms with Crippen LogP contribution in [-0.4, -0.2) is 0 Å². The van der Waals surface area contributed by atoms with Gasteiger partial charge in [-0.1, -0.05) is 54.6 Å². The van der Waals surface area contributed by atoms with Crippen molar-refractivity contribution in [1.29, 1.82) is 0 Å². The van der Waals surface area contributed by atoms with Crippen molar-refractivity contribution in [3.63, 3.8) is 0 Å². The predicted molar refractivity (Wildman–Crippen MR) is 71.1 cm³/mol. The summed E-state index contributed by atoms with van der Waals surface area (Å²) in [5, 5.41) is 0. The van der Waals surface area contributed by atoms with Crippen molar-refractivity contribution in [2.75, 3.05) is 0 Å². The minimum absolute atomic E-state index is 0.508. The van der Waals surface area contributed by atoms with Gasteiger partial charge in [0.05, 0.1) is 0 Å². The Labute approximate surface area is 106 Å². The molecule has 0 radical (unpaired) electrons. The standard InChI is InChI=1S/C16H14F2/c1-2-16(12-15(17)18)10-8-14(9-11-16)13-6-4-3-5-7-13/h2-10,12H,1,11H2.